The van der Waals surface area contributed by atoms with Gasteiger partial charge < -0.3 is 15.1 Å². The van der Waals surface area contributed by atoms with Crippen LogP contribution in [0, 0.1) is 6.92 Å². The van der Waals surface area contributed by atoms with Gasteiger partial charge in [0.15, 0.2) is 0 Å². The monoisotopic (exact) mass is 326 g/mol. The summed E-state index contributed by atoms with van der Waals surface area (Å²) in [5, 5.41) is 5.47. The first kappa shape index (κ1) is 17.5. The maximum absolute atomic E-state index is 12.4. The fourth-order valence-corrected chi connectivity index (χ4v) is 2.05. The van der Waals surface area contributed by atoms with Crippen molar-refractivity contribution in [2.45, 2.75) is 26.7 Å². The van der Waals surface area contributed by atoms with Gasteiger partial charge in [-0.15, -0.1) is 0 Å². The fraction of sp³-hybridized carbons (Fsp3) is 0.263. The largest absolute Gasteiger partial charge is 0.465 e. The molecule has 2 aromatic rings. The van der Waals surface area contributed by atoms with Gasteiger partial charge in [-0.2, -0.15) is 0 Å². The minimum Gasteiger partial charge on any atom is -0.465 e. The minimum atomic E-state index is -0.335. The van der Waals surface area contributed by atoms with E-state index in [2.05, 4.69) is 10.6 Å². The zero-order valence-electron chi connectivity index (χ0n) is 14.0. The average molecular weight is 326 g/mol. The molecule has 5 nitrogen and oxygen atoms in total. The molecule has 0 spiro atoms. The predicted octanol–water partition coefficient (Wildman–Crippen LogP) is 3.28. The number of hydrogen-bond acceptors (Lipinski definition) is 3. The first-order chi connectivity index (χ1) is 11.6. The molecule has 0 aliphatic carbocycles. The molecule has 2 rings (SSSR count). The second-order valence-electron chi connectivity index (χ2n) is 5.50. The second-order valence-corrected chi connectivity index (χ2v) is 5.50. The number of nitrogens with one attached hydrogen (secondary N) is 2. The van der Waals surface area contributed by atoms with Crippen LogP contribution in [0.15, 0.2) is 52.8 Å². The summed E-state index contributed by atoms with van der Waals surface area (Å²) in [6.45, 7) is 4.56. The van der Waals surface area contributed by atoms with Crippen molar-refractivity contribution in [3.05, 3.63) is 65.2 Å². The van der Waals surface area contributed by atoms with Crippen LogP contribution in [0.5, 0.6) is 0 Å². The Kier molecular flexibility index (Phi) is 6.37. The highest BCUT2D eigenvalue weighted by Gasteiger charge is 2.14. The molecule has 1 heterocycles. The molecule has 0 atom stereocenters. The molecule has 0 fully saturated rings. The summed E-state index contributed by atoms with van der Waals surface area (Å²) >= 11 is 0. The van der Waals surface area contributed by atoms with Crippen LogP contribution >= 0.6 is 0 Å². The Morgan fingerprint density at radius 1 is 1.17 bits per heavy atom. The Bertz CT molecular complexity index is 701. The van der Waals surface area contributed by atoms with Crippen molar-refractivity contribution in [1.82, 2.24) is 10.6 Å². The third-order valence-corrected chi connectivity index (χ3v) is 3.45. The molecule has 0 saturated heterocycles. The molecule has 0 unspecified atom stereocenters. The van der Waals surface area contributed by atoms with Crippen molar-refractivity contribution in [3.63, 3.8) is 0 Å². The summed E-state index contributed by atoms with van der Waals surface area (Å²) < 4.78 is 5.24. The summed E-state index contributed by atoms with van der Waals surface area (Å²) in [6.07, 6.45) is 4.90. The maximum atomic E-state index is 12.4. The van der Waals surface area contributed by atoms with Crippen LogP contribution in [-0.2, 0) is 4.79 Å². The van der Waals surface area contributed by atoms with Crippen LogP contribution in [0.4, 0.5) is 0 Å². The smallest absolute Gasteiger partial charge is 0.267 e. The molecule has 0 radical (unpaired) electrons. The number of aryl methyl sites for hydroxylation is 1. The van der Waals surface area contributed by atoms with E-state index in [0.29, 0.717) is 17.9 Å². The van der Waals surface area contributed by atoms with Gasteiger partial charge in [-0.3, -0.25) is 9.59 Å². The Labute approximate surface area is 141 Å². The second kappa shape index (κ2) is 8.72. The number of unbranched alkanes of at least 4 members (excludes halogenated alkanes) is 1. The van der Waals surface area contributed by atoms with Crippen LogP contribution < -0.4 is 10.6 Å². The van der Waals surface area contributed by atoms with Crippen LogP contribution in [-0.4, -0.2) is 18.4 Å². The highest BCUT2D eigenvalue weighted by Crippen LogP contribution is 2.08. The topological polar surface area (TPSA) is 71.3 Å². The lowest BCUT2D eigenvalue weighted by molar-refractivity contribution is -0.117. The Balaban J connectivity index is 2.14. The van der Waals surface area contributed by atoms with Crippen LogP contribution in [0.3, 0.4) is 0 Å². The summed E-state index contributed by atoms with van der Waals surface area (Å²) in [5.74, 6) is -0.168. The van der Waals surface area contributed by atoms with Gasteiger partial charge in [-0.25, -0.2) is 0 Å². The first-order valence-corrected chi connectivity index (χ1v) is 8.01. The van der Waals surface area contributed by atoms with Gasteiger partial charge in [0.05, 0.1) is 6.26 Å². The zero-order chi connectivity index (χ0) is 17.4. The SMILES string of the molecule is CCCCNC(=O)/C(=C/c1ccco1)NC(=O)c1ccc(C)cc1. The van der Waals surface area contributed by atoms with E-state index in [0.717, 1.165) is 18.4 Å². The van der Waals surface area contributed by atoms with E-state index in [9.17, 15) is 9.59 Å². The van der Waals surface area contributed by atoms with Crippen LogP contribution in [0.25, 0.3) is 6.08 Å². The summed E-state index contributed by atoms with van der Waals surface area (Å²) in [4.78, 5) is 24.7. The molecular weight excluding hydrogens is 304 g/mol. The predicted molar refractivity (Wildman–Crippen MR) is 93.2 cm³/mol. The molecule has 0 aliphatic rings. The Morgan fingerprint density at radius 3 is 2.54 bits per heavy atom. The number of benzene rings is 1. The van der Waals surface area contributed by atoms with Gasteiger partial charge in [0, 0.05) is 18.2 Å². The molecule has 126 valence electrons. The van der Waals surface area contributed by atoms with Crippen molar-refractivity contribution in [2.75, 3.05) is 6.54 Å². The minimum absolute atomic E-state index is 0.159. The quantitative estimate of drug-likeness (QED) is 0.606. The first-order valence-electron chi connectivity index (χ1n) is 8.01. The third kappa shape index (κ3) is 5.12. The van der Waals surface area contributed by atoms with Gasteiger partial charge >= 0.3 is 0 Å². The number of carbonyl (C=O) groups excluding carboxylic acids is 2. The van der Waals surface area contributed by atoms with Crippen molar-refractivity contribution < 1.29 is 14.0 Å². The lowest BCUT2D eigenvalue weighted by atomic mass is 10.1. The summed E-state index contributed by atoms with van der Waals surface area (Å²) in [6, 6.07) is 10.6. The van der Waals surface area contributed by atoms with Crippen molar-refractivity contribution in [1.29, 1.82) is 0 Å². The van der Waals surface area contributed by atoms with E-state index in [1.54, 1.807) is 24.3 Å². The molecule has 24 heavy (non-hydrogen) atoms. The van der Waals surface area contributed by atoms with E-state index in [1.165, 1.54) is 12.3 Å². The third-order valence-electron chi connectivity index (χ3n) is 3.45. The number of amides is 2. The molecule has 0 bridgehead atoms. The van der Waals surface area contributed by atoms with Gasteiger partial charge in [0.25, 0.3) is 11.8 Å². The zero-order valence-corrected chi connectivity index (χ0v) is 14.0. The van der Waals surface area contributed by atoms with Crippen molar-refractivity contribution in [2.24, 2.45) is 0 Å². The van der Waals surface area contributed by atoms with Crippen molar-refractivity contribution in [3.8, 4) is 0 Å². The normalized spacial score (nSPS) is 11.2. The molecular formula is C19H22N2O3. The van der Waals surface area contributed by atoms with E-state index < -0.39 is 0 Å². The van der Waals surface area contributed by atoms with Crippen LogP contribution in [0.1, 0.15) is 41.4 Å². The van der Waals surface area contributed by atoms with Gasteiger partial charge in [-0.1, -0.05) is 31.0 Å². The molecule has 2 N–H and O–H groups in total. The van der Waals surface area contributed by atoms with E-state index in [4.69, 9.17) is 4.42 Å². The van der Waals surface area contributed by atoms with E-state index >= 15 is 0 Å². The van der Waals surface area contributed by atoms with Crippen LogP contribution in [0.2, 0.25) is 0 Å². The summed E-state index contributed by atoms with van der Waals surface area (Å²) in [7, 11) is 0. The molecule has 5 heteroatoms. The van der Waals surface area contributed by atoms with Gasteiger partial charge in [0.1, 0.15) is 11.5 Å². The van der Waals surface area contributed by atoms with E-state index in [-0.39, 0.29) is 17.5 Å². The Morgan fingerprint density at radius 2 is 1.92 bits per heavy atom. The fourth-order valence-electron chi connectivity index (χ4n) is 2.05. The molecule has 1 aromatic carbocycles. The number of hydrogen-bond donors (Lipinski definition) is 2. The lowest BCUT2D eigenvalue weighted by Crippen LogP contribution is -2.35. The molecule has 0 aliphatic heterocycles. The number of rotatable bonds is 7. The van der Waals surface area contributed by atoms with E-state index in [1.807, 2.05) is 26.0 Å². The van der Waals surface area contributed by atoms with Gasteiger partial charge in [0.2, 0.25) is 0 Å². The highest BCUT2D eigenvalue weighted by molar-refractivity contribution is 6.05. The number of furan rings is 1. The number of carbonyl (C=O) groups is 2. The average Bonchev–Trinajstić information content (AvgIpc) is 3.08. The summed E-state index contributed by atoms with van der Waals surface area (Å²) in [5.41, 5.74) is 1.72. The van der Waals surface area contributed by atoms with Gasteiger partial charge in [-0.05, 0) is 37.6 Å². The molecule has 0 saturated carbocycles. The maximum Gasteiger partial charge on any atom is 0.267 e. The lowest BCUT2D eigenvalue weighted by Gasteiger charge is -2.10. The Hall–Kier alpha value is -2.82. The molecule has 2 amide bonds. The highest BCUT2D eigenvalue weighted by atomic mass is 16.3. The van der Waals surface area contributed by atoms with Crippen molar-refractivity contribution >= 4 is 17.9 Å². The standard InChI is InChI=1S/C19H22N2O3/c1-3-4-11-20-19(23)17(13-16-6-5-12-24-16)21-18(22)15-9-7-14(2)8-10-15/h5-10,12-13H,3-4,11H2,1-2H3,(H,20,23)(H,21,22)/b17-13-. The molecule has 1 aromatic heterocycles.